The smallest absolute Gasteiger partial charge is 0.315 e. The van der Waals surface area contributed by atoms with E-state index < -0.39 is 15.9 Å². The molecule has 1 aromatic carbocycles. The molecule has 0 aromatic heterocycles. The van der Waals surface area contributed by atoms with E-state index in [1.54, 1.807) is 24.3 Å². The van der Waals surface area contributed by atoms with Gasteiger partial charge in [0.25, 0.3) is 0 Å². The molecule has 3 aliphatic rings. The van der Waals surface area contributed by atoms with Crippen LogP contribution in [0.25, 0.3) is 0 Å². The van der Waals surface area contributed by atoms with E-state index in [9.17, 15) is 13.2 Å². The number of hydrogen-bond donors (Lipinski definition) is 2. The predicted molar refractivity (Wildman–Crippen MR) is 96.6 cm³/mol. The minimum Gasteiger partial charge on any atom is -0.374 e. The number of hydrogen-bond acceptors (Lipinski definition) is 5. The average Bonchev–Trinajstić information content (AvgIpc) is 3.11. The molecule has 3 aliphatic heterocycles. The Morgan fingerprint density at radius 2 is 2.12 bits per heavy atom. The summed E-state index contributed by atoms with van der Waals surface area (Å²) in [5.74, 6) is 2.02. The molecule has 0 bridgehead atoms. The fraction of sp³-hybridized carbons (Fsp3) is 0.588. The third kappa shape index (κ3) is 3.39. The van der Waals surface area contributed by atoms with Gasteiger partial charge in [0.05, 0.1) is 22.3 Å². The Hall–Kier alpha value is -1.25. The van der Waals surface area contributed by atoms with Crippen molar-refractivity contribution in [3.05, 3.63) is 29.8 Å². The van der Waals surface area contributed by atoms with Crippen molar-refractivity contribution in [1.29, 1.82) is 0 Å². The van der Waals surface area contributed by atoms with E-state index in [0.717, 1.165) is 30.8 Å². The number of rotatable bonds is 2. The lowest BCUT2D eigenvalue weighted by Crippen LogP contribution is -2.51. The van der Waals surface area contributed by atoms with Gasteiger partial charge in [-0.3, -0.25) is 0 Å². The minimum atomic E-state index is -3.32. The van der Waals surface area contributed by atoms with Crippen molar-refractivity contribution in [1.82, 2.24) is 10.6 Å². The summed E-state index contributed by atoms with van der Waals surface area (Å²) in [6.45, 7) is 0.659. The molecular formula is C17H22N2O4S2. The van der Waals surface area contributed by atoms with Crippen LogP contribution in [-0.4, -0.2) is 50.0 Å². The van der Waals surface area contributed by atoms with Gasteiger partial charge in [-0.2, -0.15) is 11.8 Å². The number of ether oxygens (including phenoxy) is 1. The Bertz CT molecular complexity index is 775. The first-order chi connectivity index (χ1) is 12.0. The number of thioether (sulfide) groups is 1. The van der Waals surface area contributed by atoms with Crippen molar-refractivity contribution in [2.45, 2.75) is 41.8 Å². The third-order valence-corrected chi connectivity index (χ3v) is 8.25. The number of nitrogens with one attached hydrogen (secondary N) is 2. The van der Waals surface area contributed by atoms with Crippen LogP contribution in [0.3, 0.4) is 0 Å². The van der Waals surface area contributed by atoms with E-state index in [2.05, 4.69) is 10.6 Å². The van der Waals surface area contributed by atoms with E-state index in [4.69, 9.17) is 4.74 Å². The summed E-state index contributed by atoms with van der Waals surface area (Å²) in [5.41, 5.74) is 0.581. The fourth-order valence-corrected chi connectivity index (χ4v) is 7.08. The van der Waals surface area contributed by atoms with Gasteiger partial charge < -0.3 is 15.4 Å². The summed E-state index contributed by atoms with van der Waals surface area (Å²) in [6, 6.07) is 6.16. The van der Waals surface area contributed by atoms with Crippen molar-refractivity contribution in [2.24, 2.45) is 0 Å². The number of carbonyl (C=O) groups is 1. The molecule has 6 nitrogen and oxygen atoms in total. The van der Waals surface area contributed by atoms with Crippen LogP contribution in [0.4, 0.5) is 4.79 Å². The molecule has 25 heavy (non-hydrogen) atoms. The number of urea groups is 1. The van der Waals surface area contributed by atoms with E-state index in [1.807, 2.05) is 11.8 Å². The second-order valence-electron chi connectivity index (χ2n) is 7.01. The van der Waals surface area contributed by atoms with Crippen LogP contribution in [0.15, 0.2) is 29.2 Å². The van der Waals surface area contributed by atoms with Crippen LogP contribution in [0, 0.1) is 0 Å². The predicted octanol–water partition coefficient (Wildman–Crippen LogP) is 1.87. The van der Waals surface area contributed by atoms with Gasteiger partial charge in [-0.1, -0.05) is 18.2 Å². The van der Waals surface area contributed by atoms with Crippen LogP contribution in [-0.2, 0) is 14.6 Å². The Balaban J connectivity index is 1.40. The van der Waals surface area contributed by atoms with Crippen molar-refractivity contribution in [3.63, 3.8) is 0 Å². The van der Waals surface area contributed by atoms with Gasteiger partial charge in [0.2, 0.25) is 0 Å². The highest BCUT2D eigenvalue weighted by Crippen LogP contribution is 2.38. The molecule has 1 spiro atoms. The zero-order valence-electron chi connectivity index (χ0n) is 13.9. The Morgan fingerprint density at radius 3 is 2.92 bits per heavy atom. The summed E-state index contributed by atoms with van der Waals surface area (Å²) in [4.78, 5) is 12.8. The van der Waals surface area contributed by atoms with Crippen LogP contribution in [0.5, 0.6) is 0 Å². The lowest BCUT2D eigenvalue weighted by molar-refractivity contribution is -0.0684. The highest BCUT2D eigenvalue weighted by molar-refractivity contribution is 7.99. The zero-order valence-corrected chi connectivity index (χ0v) is 15.5. The standard InChI is InChI=1S/C17H22N2O4S2/c20-16(18-12-5-7-23-17(9-12)6-8-24-11-17)19-14-10-25(21,22)15-4-2-1-3-13(14)15/h1-4,12,14H,5-11H2,(H2,18,19,20)/t12-,14+,17-/m1/s1. The molecule has 8 heteroatoms. The second kappa shape index (κ2) is 6.48. The molecular weight excluding hydrogens is 360 g/mol. The van der Waals surface area contributed by atoms with Crippen LogP contribution in [0.2, 0.25) is 0 Å². The first-order valence-corrected chi connectivity index (χ1v) is 11.4. The van der Waals surface area contributed by atoms with Crippen LogP contribution >= 0.6 is 11.8 Å². The number of sulfone groups is 1. The van der Waals surface area contributed by atoms with E-state index in [0.29, 0.717) is 17.1 Å². The largest absolute Gasteiger partial charge is 0.374 e. The molecule has 3 atom stereocenters. The molecule has 2 fully saturated rings. The Morgan fingerprint density at radius 1 is 1.28 bits per heavy atom. The summed E-state index contributed by atoms with van der Waals surface area (Å²) in [7, 11) is -3.32. The monoisotopic (exact) mass is 382 g/mol. The van der Waals surface area contributed by atoms with Crippen molar-refractivity contribution >= 4 is 27.6 Å². The maximum absolute atomic E-state index is 12.4. The molecule has 0 saturated carbocycles. The Labute approximate surface area is 152 Å². The van der Waals surface area contributed by atoms with Gasteiger partial charge in [0.15, 0.2) is 9.84 Å². The average molecular weight is 383 g/mol. The van der Waals surface area contributed by atoms with Crippen molar-refractivity contribution in [2.75, 3.05) is 23.9 Å². The summed E-state index contributed by atoms with van der Waals surface area (Å²) in [6.07, 6.45) is 2.65. The molecule has 0 radical (unpaired) electrons. The third-order valence-electron chi connectivity index (χ3n) is 5.22. The van der Waals surface area contributed by atoms with E-state index >= 15 is 0 Å². The first kappa shape index (κ1) is 17.2. The van der Waals surface area contributed by atoms with E-state index in [1.165, 1.54) is 0 Å². The van der Waals surface area contributed by atoms with Crippen LogP contribution < -0.4 is 10.6 Å². The Kier molecular flexibility index (Phi) is 4.45. The number of amides is 2. The van der Waals surface area contributed by atoms with E-state index in [-0.39, 0.29) is 23.4 Å². The minimum absolute atomic E-state index is 0.0701. The quantitative estimate of drug-likeness (QED) is 0.816. The first-order valence-electron chi connectivity index (χ1n) is 8.58. The lowest BCUT2D eigenvalue weighted by atomic mass is 9.90. The number of fused-ring (bicyclic) bond motifs is 1. The van der Waals surface area contributed by atoms with Crippen molar-refractivity contribution < 1.29 is 17.9 Å². The van der Waals surface area contributed by atoms with Gasteiger partial charge in [-0.05, 0) is 36.6 Å². The highest BCUT2D eigenvalue weighted by atomic mass is 32.2. The number of carbonyl (C=O) groups excluding carboxylic acids is 1. The maximum Gasteiger partial charge on any atom is 0.315 e. The summed E-state index contributed by atoms with van der Waals surface area (Å²) in [5, 5.41) is 5.86. The SMILES string of the molecule is O=C(N[C@@H]1CCO[C@]2(CCSC2)C1)N[C@H]1CS(=O)(=O)c2ccccc21. The van der Waals surface area contributed by atoms with Crippen molar-refractivity contribution in [3.8, 4) is 0 Å². The molecule has 2 amide bonds. The summed E-state index contributed by atoms with van der Waals surface area (Å²) < 4.78 is 30.4. The molecule has 136 valence electrons. The number of benzene rings is 1. The molecule has 0 aliphatic carbocycles. The maximum atomic E-state index is 12.4. The molecule has 3 heterocycles. The van der Waals surface area contributed by atoms with Gasteiger partial charge in [0, 0.05) is 18.4 Å². The zero-order chi connectivity index (χ0) is 17.5. The molecule has 2 saturated heterocycles. The summed E-state index contributed by atoms with van der Waals surface area (Å²) >= 11 is 1.90. The van der Waals surface area contributed by atoms with Gasteiger partial charge in [-0.25, -0.2) is 13.2 Å². The molecule has 4 rings (SSSR count). The lowest BCUT2D eigenvalue weighted by Gasteiger charge is -2.38. The normalized spacial score (nSPS) is 33.1. The van der Waals surface area contributed by atoms with Gasteiger partial charge in [0.1, 0.15) is 0 Å². The molecule has 0 unspecified atom stereocenters. The van der Waals surface area contributed by atoms with Gasteiger partial charge in [-0.15, -0.1) is 0 Å². The molecule has 1 aromatic rings. The molecule has 2 N–H and O–H groups in total. The highest BCUT2D eigenvalue weighted by Gasteiger charge is 2.41. The fourth-order valence-electron chi connectivity index (χ4n) is 3.97. The van der Waals surface area contributed by atoms with Gasteiger partial charge >= 0.3 is 6.03 Å². The van der Waals surface area contributed by atoms with Crippen LogP contribution in [0.1, 0.15) is 30.9 Å². The topological polar surface area (TPSA) is 84.5 Å². The second-order valence-corrected chi connectivity index (χ2v) is 10.1.